The van der Waals surface area contributed by atoms with Crippen molar-refractivity contribution in [2.45, 2.75) is 63.4 Å². The Balaban J connectivity index is 0.00000240. The Morgan fingerprint density at radius 3 is 2.17 bits per heavy atom. The molecular weight excluding hydrogens is 406 g/mol. The second kappa shape index (κ2) is 8.37. The zero-order valence-corrected chi connectivity index (χ0v) is 19.7. The number of hydrogen-bond donors (Lipinski definition) is 2. The third-order valence-electron chi connectivity index (χ3n) is 5.42. The number of fused-ring (bicyclic) bond motifs is 2. The van der Waals surface area contributed by atoms with Gasteiger partial charge in [0.2, 0.25) is 0 Å². The van der Waals surface area contributed by atoms with Crippen molar-refractivity contribution in [1.29, 1.82) is 0 Å². The first kappa shape index (κ1) is 22.3. The monoisotopic (exact) mass is 429 g/mol. The van der Waals surface area contributed by atoms with Gasteiger partial charge >= 0.3 is 6.03 Å². The predicted octanol–water partition coefficient (Wildman–Crippen LogP) is 2.71. The van der Waals surface area contributed by atoms with Crippen LogP contribution in [-0.2, 0) is 35.7 Å². The van der Waals surface area contributed by atoms with Crippen LogP contribution in [0.5, 0.6) is 0 Å². The number of rotatable bonds is 4. The number of urea groups is 1. The summed E-state index contributed by atoms with van der Waals surface area (Å²) in [5.74, 6) is -0.141. The Bertz CT molecular complexity index is 1030. The fraction of sp³-hybridized carbons (Fsp3) is 0.474. The summed E-state index contributed by atoms with van der Waals surface area (Å²) in [6.45, 7) is 3.75. The molecule has 0 atom stereocenters. The van der Waals surface area contributed by atoms with Gasteiger partial charge in [-0.3, -0.25) is 4.68 Å². The van der Waals surface area contributed by atoms with E-state index >= 15 is 0 Å². The fourth-order valence-corrected chi connectivity index (χ4v) is 4.95. The molecule has 4 rings (SSSR count). The number of carbonyl (C=O) groups excluding carboxylic acids is 1. The van der Waals surface area contributed by atoms with Crippen LogP contribution in [0.4, 0.5) is 14.9 Å². The maximum atomic E-state index is 14.7. The van der Waals surface area contributed by atoms with E-state index in [9.17, 15) is 17.6 Å². The van der Waals surface area contributed by atoms with E-state index < -0.39 is 16.1 Å². The second-order valence-corrected chi connectivity index (χ2v) is 9.23. The maximum absolute atomic E-state index is 14.7. The largest absolute Gasteiger partial charge is 0.333 e. The zero-order chi connectivity index (χ0) is 20.1. The molecule has 7 nitrogen and oxygen atoms in total. The van der Waals surface area contributed by atoms with Crippen molar-refractivity contribution in [3.8, 4) is 0 Å². The van der Waals surface area contributed by atoms with E-state index in [-0.39, 0.29) is 46.4 Å². The number of nitrogens with one attached hydrogen (secondary N) is 2. The van der Waals surface area contributed by atoms with Crippen LogP contribution in [0.3, 0.4) is 0 Å². The Morgan fingerprint density at radius 1 is 1.10 bits per heavy atom. The molecule has 0 unspecified atom stereocenters. The quantitative estimate of drug-likeness (QED) is 0.731. The molecule has 2 aromatic rings. The van der Waals surface area contributed by atoms with Gasteiger partial charge in [-0.1, -0.05) is 0 Å². The first-order valence-corrected chi connectivity index (χ1v) is 11.0. The summed E-state index contributed by atoms with van der Waals surface area (Å²) < 4.78 is 43.2. The normalized spacial score (nSPS) is 15.0. The Hall–Kier alpha value is -1.42. The molecule has 151 valence electrons. The van der Waals surface area contributed by atoms with E-state index in [1.54, 1.807) is 6.20 Å². The average molecular weight is 429 g/mol. The van der Waals surface area contributed by atoms with E-state index in [1.807, 2.05) is 18.6 Å². The molecule has 10 heteroatoms. The topological polar surface area (TPSA) is 93.1 Å². The average Bonchev–Trinajstić information content (AvgIpc) is 3.38. The number of benzene rings is 1. The number of carbonyl (C=O) groups is 1. The molecule has 1 aromatic heterocycles. The van der Waals surface area contributed by atoms with Crippen molar-refractivity contribution in [2.75, 3.05) is 5.32 Å². The standard InChI is InChI=1S/C19H23FN4O3S.Na/c1-11(2)24-10-9-16(22-24)28(26,27)23-19(25)21-18-14-7-3-5-12(14)17(20)13-6-4-8-15(13)18;/h9-11H,3-8H2,1-2H3,(H2,21,23,25);. The Kier molecular flexibility index (Phi) is 6.43. The van der Waals surface area contributed by atoms with Gasteiger partial charge in [-0.2, -0.15) is 13.5 Å². The summed E-state index contributed by atoms with van der Waals surface area (Å²) in [5.41, 5.74) is 3.51. The molecule has 0 spiro atoms. The number of anilines is 1. The third-order valence-corrected chi connectivity index (χ3v) is 6.65. The minimum atomic E-state index is -4.10. The van der Waals surface area contributed by atoms with Gasteiger partial charge < -0.3 is 5.32 Å². The number of hydrogen-bond acceptors (Lipinski definition) is 4. The van der Waals surface area contributed by atoms with Crippen molar-refractivity contribution in [3.63, 3.8) is 0 Å². The first-order valence-electron chi connectivity index (χ1n) is 9.52. The van der Waals surface area contributed by atoms with Crippen LogP contribution in [0, 0.1) is 5.82 Å². The third kappa shape index (κ3) is 4.10. The van der Waals surface area contributed by atoms with Crippen molar-refractivity contribution in [2.24, 2.45) is 0 Å². The molecule has 2 N–H and O–H groups in total. The van der Waals surface area contributed by atoms with E-state index in [0.717, 1.165) is 24.0 Å². The molecule has 1 heterocycles. The van der Waals surface area contributed by atoms with Gasteiger partial charge in [0, 0.05) is 47.5 Å². The number of amides is 2. The van der Waals surface area contributed by atoms with E-state index in [1.165, 1.54) is 10.7 Å². The molecule has 0 fully saturated rings. The van der Waals surface area contributed by atoms with Gasteiger partial charge in [0.05, 0.1) is 0 Å². The van der Waals surface area contributed by atoms with Gasteiger partial charge in [-0.15, -0.1) is 0 Å². The van der Waals surface area contributed by atoms with Gasteiger partial charge in [-0.05, 0) is 80.7 Å². The summed E-state index contributed by atoms with van der Waals surface area (Å²) in [7, 11) is -4.10. The fourth-order valence-electron chi connectivity index (χ4n) is 4.10. The van der Waals surface area contributed by atoms with E-state index in [4.69, 9.17) is 0 Å². The van der Waals surface area contributed by atoms with Crippen LogP contribution in [0.1, 0.15) is 55.0 Å². The maximum Gasteiger partial charge on any atom is 0.333 e. The summed E-state index contributed by atoms with van der Waals surface area (Å²) in [4.78, 5) is 12.5. The van der Waals surface area contributed by atoms with Crippen molar-refractivity contribution < 1.29 is 17.6 Å². The van der Waals surface area contributed by atoms with Gasteiger partial charge in [-0.25, -0.2) is 13.9 Å². The smallest absolute Gasteiger partial charge is 0.307 e. The van der Waals surface area contributed by atoms with Crippen LogP contribution in [0.25, 0.3) is 0 Å². The molecule has 29 heavy (non-hydrogen) atoms. The van der Waals surface area contributed by atoms with Gasteiger partial charge in [0.15, 0.2) is 5.03 Å². The van der Waals surface area contributed by atoms with Crippen molar-refractivity contribution in [1.82, 2.24) is 14.5 Å². The number of nitrogens with zero attached hydrogens (tertiary/aromatic N) is 2. The molecule has 2 aliphatic carbocycles. The van der Waals surface area contributed by atoms with E-state index in [0.29, 0.717) is 42.5 Å². The number of halogens is 1. The van der Waals surface area contributed by atoms with Gasteiger partial charge in [0.1, 0.15) is 5.82 Å². The summed E-state index contributed by atoms with van der Waals surface area (Å²) in [6.07, 6.45) is 5.87. The SMILES string of the molecule is CC(C)n1ccc(S(=O)(=O)NC(=O)Nc2c3c(c(F)c4c2CCC4)CCC3)n1.[Na]. The number of sulfonamides is 1. The summed E-state index contributed by atoms with van der Waals surface area (Å²) in [5, 5.41) is 6.48. The van der Waals surface area contributed by atoms with Crippen LogP contribution in [0.2, 0.25) is 0 Å². The molecule has 0 aliphatic heterocycles. The molecule has 2 aliphatic rings. The van der Waals surface area contributed by atoms with E-state index in [2.05, 4.69) is 10.4 Å². The van der Waals surface area contributed by atoms with Crippen LogP contribution >= 0.6 is 0 Å². The zero-order valence-electron chi connectivity index (χ0n) is 16.9. The molecule has 0 saturated carbocycles. The molecule has 1 radical (unpaired) electrons. The minimum Gasteiger partial charge on any atom is -0.307 e. The van der Waals surface area contributed by atoms with Crippen molar-refractivity contribution >= 4 is 51.3 Å². The van der Waals surface area contributed by atoms with Crippen molar-refractivity contribution in [3.05, 3.63) is 40.3 Å². The second-order valence-electron chi connectivity index (χ2n) is 7.60. The summed E-state index contributed by atoms with van der Waals surface area (Å²) in [6, 6.07) is 0.499. The summed E-state index contributed by atoms with van der Waals surface area (Å²) >= 11 is 0. The molecule has 0 bridgehead atoms. The van der Waals surface area contributed by atoms with Crippen LogP contribution in [0.15, 0.2) is 17.3 Å². The molecule has 1 aromatic carbocycles. The van der Waals surface area contributed by atoms with Crippen LogP contribution in [-0.4, -0.2) is 53.8 Å². The minimum absolute atomic E-state index is 0. The first-order chi connectivity index (χ1) is 13.3. The predicted molar refractivity (Wildman–Crippen MR) is 108 cm³/mol. The molecular formula is C19H23FN4NaO3S. The van der Waals surface area contributed by atoms with Crippen LogP contribution < -0.4 is 10.0 Å². The Labute approximate surface area is 191 Å². The number of aromatic nitrogens is 2. The van der Waals surface area contributed by atoms with Gasteiger partial charge in [0.25, 0.3) is 10.0 Å². The molecule has 2 amide bonds. The Morgan fingerprint density at radius 2 is 1.66 bits per heavy atom. The molecule has 0 saturated heterocycles.